The first kappa shape index (κ1) is 17.7. The summed E-state index contributed by atoms with van der Waals surface area (Å²) in [4.78, 5) is 0.180. The lowest BCUT2D eigenvalue weighted by Crippen LogP contribution is -2.27. The molecule has 2 aromatic rings. The molecule has 0 amide bonds. The fourth-order valence-corrected chi connectivity index (χ4v) is 6.09. The number of aliphatic hydroxyl groups excluding tert-OH is 1. The molecule has 7 heteroatoms. The largest absolute Gasteiger partial charge is 0.396 e. The molecule has 0 saturated heterocycles. The average Bonchev–Trinajstić information content (AvgIpc) is 3.26. The summed E-state index contributed by atoms with van der Waals surface area (Å²) in [6.45, 7) is -0.220. The van der Waals surface area contributed by atoms with Gasteiger partial charge in [0, 0.05) is 27.9 Å². The zero-order chi connectivity index (χ0) is 17.5. The number of hydrogen-bond acceptors (Lipinski definition) is 4. The van der Waals surface area contributed by atoms with Crippen LogP contribution in [0.5, 0.6) is 0 Å². The van der Waals surface area contributed by atoms with Crippen molar-refractivity contribution in [3.05, 3.63) is 64.1 Å². The van der Waals surface area contributed by atoms with Gasteiger partial charge >= 0.3 is 0 Å². The Morgan fingerprint density at radius 3 is 1.96 bits per heavy atom. The van der Waals surface area contributed by atoms with E-state index < -0.39 is 20.5 Å². The summed E-state index contributed by atoms with van der Waals surface area (Å²) in [7, 11) is -3.65. The lowest BCUT2D eigenvalue weighted by atomic mass is 10.0. The molecule has 1 saturated carbocycles. The van der Waals surface area contributed by atoms with Crippen molar-refractivity contribution < 1.29 is 13.5 Å². The van der Waals surface area contributed by atoms with Gasteiger partial charge in [0.2, 0.25) is 0 Å². The Morgan fingerprint density at radius 1 is 1.00 bits per heavy atom. The molecule has 128 valence electrons. The summed E-state index contributed by atoms with van der Waals surface area (Å²) in [5.74, 6) is -0.370. The number of halogens is 2. The van der Waals surface area contributed by atoms with Gasteiger partial charge in [0.25, 0.3) is 0 Å². The summed E-state index contributed by atoms with van der Waals surface area (Å²) >= 11 is 11.7. The normalized spacial score (nSPS) is 26.3. The van der Waals surface area contributed by atoms with Crippen molar-refractivity contribution in [1.29, 1.82) is 0 Å². The molecule has 3 atom stereocenters. The van der Waals surface area contributed by atoms with Crippen molar-refractivity contribution >= 4 is 33.0 Å². The molecular weight excluding hydrogens is 369 g/mol. The molecule has 0 bridgehead atoms. The van der Waals surface area contributed by atoms with E-state index in [2.05, 4.69) is 0 Å². The van der Waals surface area contributed by atoms with Crippen molar-refractivity contribution in [2.45, 2.75) is 16.1 Å². The van der Waals surface area contributed by atoms with Gasteiger partial charge in [-0.15, -0.1) is 0 Å². The number of nitrogens with two attached hydrogens (primary N) is 1. The predicted molar refractivity (Wildman–Crippen MR) is 95.2 cm³/mol. The van der Waals surface area contributed by atoms with Crippen molar-refractivity contribution in [2.24, 2.45) is 11.1 Å². The number of sulfone groups is 1. The van der Waals surface area contributed by atoms with E-state index in [1.807, 2.05) is 0 Å². The highest BCUT2D eigenvalue weighted by atomic mass is 35.5. The topological polar surface area (TPSA) is 80.4 Å². The van der Waals surface area contributed by atoms with Gasteiger partial charge in [-0.3, -0.25) is 0 Å². The zero-order valence-corrected chi connectivity index (χ0v) is 15.0. The van der Waals surface area contributed by atoms with Crippen molar-refractivity contribution in [2.75, 3.05) is 13.2 Å². The molecule has 0 heterocycles. The molecule has 24 heavy (non-hydrogen) atoms. The molecule has 0 aromatic heterocycles. The third kappa shape index (κ3) is 2.74. The van der Waals surface area contributed by atoms with Gasteiger partial charge in [0.15, 0.2) is 9.84 Å². The van der Waals surface area contributed by atoms with Gasteiger partial charge in [-0.25, -0.2) is 8.42 Å². The van der Waals surface area contributed by atoms with Crippen LogP contribution in [0.15, 0.2) is 53.4 Å². The lowest BCUT2D eigenvalue weighted by Gasteiger charge is -2.12. The van der Waals surface area contributed by atoms with E-state index in [1.165, 1.54) is 24.3 Å². The molecule has 0 spiro atoms. The van der Waals surface area contributed by atoms with Gasteiger partial charge in [-0.05, 0) is 42.0 Å². The maximum atomic E-state index is 13.1. The Morgan fingerprint density at radius 2 is 1.50 bits per heavy atom. The second-order valence-corrected chi connectivity index (χ2v) is 8.99. The molecule has 4 nitrogen and oxygen atoms in total. The second-order valence-electron chi connectivity index (χ2n) is 6.04. The summed E-state index contributed by atoms with van der Waals surface area (Å²) < 4.78 is 26.1. The van der Waals surface area contributed by atoms with Crippen LogP contribution in [-0.4, -0.2) is 31.9 Å². The quantitative estimate of drug-likeness (QED) is 0.828. The molecule has 3 N–H and O–H groups in total. The van der Waals surface area contributed by atoms with E-state index >= 15 is 0 Å². The van der Waals surface area contributed by atoms with Crippen LogP contribution >= 0.6 is 23.2 Å². The fraction of sp³-hybridized carbons (Fsp3) is 0.294. The lowest BCUT2D eigenvalue weighted by molar-refractivity contribution is 0.212. The number of rotatable bonds is 5. The Labute approximate surface area is 151 Å². The third-order valence-corrected chi connectivity index (χ3v) is 7.60. The summed E-state index contributed by atoms with van der Waals surface area (Å²) in [6.07, 6.45) is 0. The van der Waals surface area contributed by atoms with Crippen molar-refractivity contribution in [3.8, 4) is 0 Å². The third-order valence-electron chi connectivity index (χ3n) is 4.76. The van der Waals surface area contributed by atoms with Crippen LogP contribution in [0.1, 0.15) is 11.5 Å². The summed E-state index contributed by atoms with van der Waals surface area (Å²) in [5.41, 5.74) is 5.78. The summed E-state index contributed by atoms with van der Waals surface area (Å²) in [6, 6.07) is 13.0. The van der Waals surface area contributed by atoms with Crippen LogP contribution in [0.4, 0.5) is 0 Å². The first-order valence-corrected chi connectivity index (χ1v) is 9.73. The van der Waals surface area contributed by atoms with E-state index in [0.29, 0.717) is 10.0 Å². The van der Waals surface area contributed by atoms with Gasteiger partial charge < -0.3 is 10.8 Å². The summed E-state index contributed by atoms with van der Waals surface area (Å²) in [5, 5.41) is 10.1. The minimum Gasteiger partial charge on any atom is -0.396 e. The number of hydrogen-bond donors (Lipinski definition) is 2. The van der Waals surface area contributed by atoms with E-state index in [1.54, 1.807) is 24.3 Å². The van der Waals surface area contributed by atoms with Crippen molar-refractivity contribution in [3.63, 3.8) is 0 Å². The zero-order valence-electron chi connectivity index (χ0n) is 12.7. The molecule has 0 radical (unpaired) electrons. The molecule has 2 aromatic carbocycles. The Bertz CT molecular complexity index is 831. The van der Waals surface area contributed by atoms with Crippen molar-refractivity contribution in [1.82, 2.24) is 0 Å². The van der Waals surface area contributed by atoms with Gasteiger partial charge in [-0.2, -0.15) is 0 Å². The van der Waals surface area contributed by atoms with E-state index in [-0.39, 0.29) is 24.0 Å². The molecule has 1 fully saturated rings. The highest BCUT2D eigenvalue weighted by Crippen LogP contribution is 2.63. The monoisotopic (exact) mass is 385 g/mol. The minimum atomic E-state index is -3.65. The highest BCUT2D eigenvalue weighted by Gasteiger charge is 2.70. The molecule has 0 unspecified atom stereocenters. The Balaban J connectivity index is 2.04. The Hall–Kier alpha value is -1.11. The molecule has 0 aliphatic heterocycles. The number of benzene rings is 2. The SMILES string of the molecule is NC[C@@]1(CO)[C@H](S(=O)(=O)c2ccc(Cl)cc2)[C@@H]1c1ccc(Cl)cc1. The standard InChI is InChI=1S/C17H17Cl2NO3S/c18-12-3-1-11(2-4-12)15-16(17(15,9-20)10-21)24(22,23)14-7-5-13(19)6-8-14/h1-8,15-16,21H,9-10,20H2/t15-,16+,17-/m0/s1. The molecule has 1 aliphatic carbocycles. The van der Waals surface area contributed by atoms with Crippen LogP contribution in [0, 0.1) is 5.41 Å². The van der Waals surface area contributed by atoms with Crippen LogP contribution in [0.25, 0.3) is 0 Å². The average molecular weight is 386 g/mol. The molecular formula is C17H17Cl2NO3S. The van der Waals surface area contributed by atoms with Crippen LogP contribution in [-0.2, 0) is 9.84 Å². The first-order valence-electron chi connectivity index (χ1n) is 7.42. The smallest absolute Gasteiger partial charge is 0.182 e. The minimum absolute atomic E-state index is 0.0777. The van der Waals surface area contributed by atoms with Crippen LogP contribution in [0.3, 0.4) is 0 Å². The van der Waals surface area contributed by atoms with Crippen LogP contribution in [0.2, 0.25) is 10.0 Å². The maximum absolute atomic E-state index is 13.1. The number of aliphatic hydroxyl groups is 1. The van der Waals surface area contributed by atoms with Gasteiger partial charge in [0.05, 0.1) is 16.8 Å². The molecule has 1 aliphatic rings. The first-order chi connectivity index (χ1) is 11.4. The van der Waals surface area contributed by atoms with E-state index in [0.717, 1.165) is 5.56 Å². The molecule has 3 rings (SSSR count). The van der Waals surface area contributed by atoms with Crippen LogP contribution < -0.4 is 5.73 Å². The highest BCUT2D eigenvalue weighted by molar-refractivity contribution is 7.92. The Kier molecular flexibility index (Phi) is 4.66. The van der Waals surface area contributed by atoms with Gasteiger partial charge in [0.1, 0.15) is 0 Å². The fourth-order valence-electron chi connectivity index (χ4n) is 3.39. The second kappa shape index (κ2) is 6.32. The van der Waals surface area contributed by atoms with Gasteiger partial charge in [-0.1, -0.05) is 35.3 Å². The van der Waals surface area contributed by atoms with E-state index in [4.69, 9.17) is 28.9 Å². The van der Waals surface area contributed by atoms with E-state index in [9.17, 15) is 13.5 Å². The maximum Gasteiger partial charge on any atom is 0.182 e. The predicted octanol–water partition coefficient (Wildman–Crippen LogP) is 2.87.